The third-order valence-electron chi connectivity index (χ3n) is 1.89. The highest BCUT2D eigenvalue weighted by atomic mass is 35.5. The topological polar surface area (TPSA) is 53.8 Å². The number of amidine groups is 1. The summed E-state index contributed by atoms with van der Waals surface area (Å²) >= 11 is 13.0. The minimum Gasteiger partial charge on any atom is -0.303 e. The number of halogens is 2. The van der Waals surface area contributed by atoms with Crippen molar-refractivity contribution in [3.63, 3.8) is 0 Å². The van der Waals surface area contributed by atoms with E-state index in [9.17, 15) is 4.79 Å². The fourth-order valence-electron chi connectivity index (χ4n) is 1.13. The van der Waals surface area contributed by atoms with Gasteiger partial charge in [-0.3, -0.25) is 4.79 Å². The van der Waals surface area contributed by atoms with Gasteiger partial charge in [0.2, 0.25) is 5.91 Å². The molecule has 7 heteroatoms. The van der Waals surface area contributed by atoms with Crippen molar-refractivity contribution in [3.05, 3.63) is 33.8 Å². The molecule has 4 nitrogen and oxygen atoms in total. The van der Waals surface area contributed by atoms with E-state index in [0.717, 1.165) is 5.56 Å². The SMILES string of the molecule is O=C1CS/C(=N/N=Cc2ccc(Cl)cc2Cl)N1. The van der Waals surface area contributed by atoms with Crippen molar-refractivity contribution >= 4 is 52.3 Å². The lowest BCUT2D eigenvalue weighted by Crippen LogP contribution is -2.19. The third-order valence-corrected chi connectivity index (χ3v) is 3.32. The summed E-state index contributed by atoms with van der Waals surface area (Å²) in [6.45, 7) is 0. The molecule has 1 aliphatic rings. The Balaban J connectivity index is 2.08. The normalized spacial score (nSPS) is 18.0. The first kappa shape index (κ1) is 12.4. The summed E-state index contributed by atoms with van der Waals surface area (Å²) in [7, 11) is 0. The van der Waals surface area contributed by atoms with Gasteiger partial charge in [0, 0.05) is 10.6 Å². The van der Waals surface area contributed by atoms with Gasteiger partial charge in [0.25, 0.3) is 0 Å². The van der Waals surface area contributed by atoms with E-state index >= 15 is 0 Å². The number of carbonyl (C=O) groups excluding carboxylic acids is 1. The average molecular weight is 288 g/mol. The highest BCUT2D eigenvalue weighted by molar-refractivity contribution is 8.15. The maximum atomic E-state index is 10.9. The molecule has 1 heterocycles. The summed E-state index contributed by atoms with van der Waals surface area (Å²) in [5.74, 6) is 0.323. The molecule has 0 atom stereocenters. The van der Waals surface area contributed by atoms with Crippen LogP contribution in [0.25, 0.3) is 0 Å². The summed E-state index contributed by atoms with van der Waals surface area (Å²) in [4.78, 5) is 10.9. The zero-order valence-corrected chi connectivity index (χ0v) is 10.8. The lowest BCUT2D eigenvalue weighted by atomic mass is 10.2. The van der Waals surface area contributed by atoms with Crippen molar-refractivity contribution < 1.29 is 4.79 Å². The van der Waals surface area contributed by atoms with Gasteiger partial charge in [-0.15, -0.1) is 5.10 Å². The quantitative estimate of drug-likeness (QED) is 0.671. The predicted octanol–water partition coefficient (Wildman–Crippen LogP) is 2.55. The van der Waals surface area contributed by atoms with E-state index in [0.29, 0.717) is 21.0 Å². The van der Waals surface area contributed by atoms with E-state index in [-0.39, 0.29) is 5.91 Å². The molecule has 2 rings (SSSR count). The fourth-order valence-corrected chi connectivity index (χ4v) is 2.22. The molecule has 1 N–H and O–H groups in total. The molecule has 0 radical (unpaired) electrons. The molecular weight excluding hydrogens is 281 g/mol. The smallest absolute Gasteiger partial charge is 0.236 e. The van der Waals surface area contributed by atoms with E-state index in [4.69, 9.17) is 23.2 Å². The van der Waals surface area contributed by atoms with Crippen LogP contribution in [-0.2, 0) is 4.79 Å². The molecule has 1 aliphatic heterocycles. The Labute approximate surface area is 112 Å². The summed E-state index contributed by atoms with van der Waals surface area (Å²) in [5.41, 5.74) is 0.717. The summed E-state index contributed by atoms with van der Waals surface area (Å²) in [5, 5.41) is 11.8. The van der Waals surface area contributed by atoms with Crippen molar-refractivity contribution in [1.29, 1.82) is 0 Å². The van der Waals surface area contributed by atoms with E-state index < -0.39 is 0 Å². The fraction of sp³-hybridized carbons (Fsp3) is 0.100. The van der Waals surface area contributed by atoms with Crippen molar-refractivity contribution in [2.45, 2.75) is 0 Å². The average Bonchev–Trinajstić information content (AvgIpc) is 2.68. The number of benzene rings is 1. The van der Waals surface area contributed by atoms with Crippen LogP contribution in [0.1, 0.15) is 5.56 Å². The van der Waals surface area contributed by atoms with Crippen LogP contribution in [0.5, 0.6) is 0 Å². The molecule has 17 heavy (non-hydrogen) atoms. The standard InChI is InChI=1S/C10H7Cl2N3OS/c11-7-2-1-6(8(12)3-7)4-13-15-10-14-9(16)5-17-10/h1-4H,5H2,(H,14,15,16). The first-order valence-corrected chi connectivity index (χ1v) is 6.38. The van der Waals surface area contributed by atoms with Gasteiger partial charge in [-0.05, 0) is 12.1 Å². The van der Waals surface area contributed by atoms with Gasteiger partial charge < -0.3 is 5.32 Å². The Morgan fingerprint density at radius 2 is 2.24 bits per heavy atom. The zero-order valence-electron chi connectivity index (χ0n) is 8.48. The molecule has 0 aliphatic carbocycles. The number of rotatable bonds is 2. The molecule has 1 saturated heterocycles. The number of nitrogens with one attached hydrogen (secondary N) is 1. The maximum Gasteiger partial charge on any atom is 0.236 e. The Kier molecular flexibility index (Phi) is 4.04. The van der Waals surface area contributed by atoms with Crippen LogP contribution in [0.2, 0.25) is 10.0 Å². The number of carbonyl (C=O) groups is 1. The van der Waals surface area contributed by atoms with Gasteiger partial charge in [0.15, 0.2) is 5.17 Å². The van der Waals surface area contributed by atoms with Gasteiger partial charge >= 0.3 is 0 Å². The molecule has 1 fully saturated rings. The monoisotopic (exact) mass is 287 g/mol. The van der Waals surface area contributed by atoms with E-state index in [1.54, 1.807) is 18.2 Å². The van der Waals surface area contributed by atoms with Crippen molar-refractivity contribution in [3.8, 4) is 0 Å². The molecule has 0 unspecified atom stereocenters. The number of hydrogen-bond donors (Lipinski definition) is 1. The molecule has 0 spiro atoms. The van der Waals surface area contributed by atoms with Crippen molar-refractivity contribution in [2.24, 2.45) is 10.2 Å². The number of amides is 1. The van der Waals surface area contributed by atoms with Gasteiger partial charge in [-0.1, -0.05) is 41.0 Å². The minimum atomic E-state index is -0.0616. The van der Waals surface area contributed by atoms with Crippen LogP contribution in [0.4, 0.5) is 0 Å². The van der Waals surface area contributed by atoms with Crippen LogP contribution in [0.15, 0.2) is 28.4 Å². The summed E-state index contributed by atoms with van der Waals surface area (Å²) in [6.07, 6.45) is 1.51. The first-order chi connectivity index (χ1) is 8.15. The Morgan fingerprint density at radius 3 is 2.88 bits per heavy atom. The van der Waals surface area contributed by atoms with Crippen LogP contribution in [0, 0.1) is 0 Å². The maximum absolute atomic E-state index is 10.9. The van der Waals surface area contributed by atoms with Crippen molar-refractivity contribution in [1.82, 2.24) is 5.32 Å². The number of hydrogen-bond acceptors (Lipinski definition) is 4. The van der Waals surface area contributed by atoms with Crippen LogP contribution in [-0.4, -0.2) is 23.0 Å². The second kappa shape index (κ2) is 5.53. The molecule has 1 aromatic rings. The van der Waals surface area contributed by atoms with Gasteiger partial charge in [0.1, 0.15) is 0 Å². The predicted molar refractivity (Wildman–Crippen MR) is 72.1 cm³/mol. The highest BCUT2D eigenvalue weighted by Gasteiger charge is 2.15. The van der Waals surface area contributed by atoms with Crippen LogP contribution >= 0.6 is 35.0 Å². The highest BCUT2D eigenvalue weighted by Crippen LogP contribution is 2.19. The Morgan fingerprint density at radius 1 is 1.41 bits per heavy atom. The third kappa shape index (κ3) is 3.46. The molecular formula is C10H7Cl2N3OS. The second-order valence-electron chi connectivity index (χ2n) is 3.15. The summed E-state index contributed by atoms with van der Waals surface area (Å²) in [6, 6.07) is 5.09. The van der Waals surface area contributed by atoms with Crippen molar-refractivity contribution in [2.75, 3.05) is 5.75 Å². The molecule has 1 amide bonds. The Hall–Kier alpha value is -1.04. The molecule has 88 valence electrons. The first-order valence-electron chi connectivity index (χ1n) is 4.64. The summed E-state index contributed by atoms with van der Waals surface area (Å²) < 4.78 is 0. The van der Waals surface area contributed by atoms with Gasteiger partial charge in [-0.2, -0.15) is 5.10 Å². The van der Waals surface area contributed by atoms with Crippen LogP contribution in [0.3, 0.4) is 0 Å². The van der Waals surface area contributed by atoms with Gasteiger partial charge in [-0.25, -0.2) is 0 Å². The lowest BCUT2D eigenvalue weighted by Gasteiger charge is -1.96. The Bertz CT molecular complexity index is 516. The number of nitrogens with zero attached hydrogens (tertiary/aromatic N) is 2. The van der Waals surface area contributed by atoms with Gasteiger partial charge in [0.05, 0.1) is 17.0 Å². The van der Waals surface area contributed by atoms with Crippen LogP contribution < -0.4 is 5.32 Å². The zero-order chi connectivity index (χ0) is 12.3. The largest absolute Gasteiger partial charge is 0.303 e. The second-order valence-corrected chi connectivity index (χ2v) is 4.96. The molecule has 0 bridgehead atoms. The minimum absolute atomic E-state index is 0.0616. The number of thioether (sulfide) groups is 1. The molecule has 0 aromatic heterocycles. The van der Waals surface area contributed by atoms with E-state index in [2.05, 4.69) is 15.5 Å². The lowest BCUT2D eigenvalue weighted by molar-refractivity contribution is -0.116. The van der Waals surface area contributed by atoms with E-state index in [1.807, 2.05) is 0 Å². The molecule has 0 saturated carbocycles. The van der Waals surface area contributed by atoms with E-state index in [1.165, 1.54) is 18.0 Å². The molecule has 1 aromatic carbocycles.